The number of hydrogen-bond donors (Lipinski definition) is 2. The molecular weight excluding hydrogens is 306 g/mol. The summed E-state index contributed by atoms with van der Waals surface area (Å²) in [5, 5.41) is 12.3. The molecule has 1 heterocycles. The van der Waals surface area contributed by atoms with Gasteiger partial charge in [0, 0.05) is 24.8 Å². The van der Waals surface area contributed by atoms with Gasteiger partial charge < -0.3 is 19.7 Å². The molecule has 24 heavy (non-hydrogen) atoms. The van der Waals surface area contributed by atoms with Crippen molar-refractivity contribution in [1.82, 2.24) is 14.9 Å². The highest BCUT2D eigenvalue weighted by Crippen LogP contribution is 2.41. The molecule has 0 saturated heterocycles. The first kappa shape index (κ1) is 16.5. The summed E-state index contributed by atoms with van der Waals surface area (Å²) in [6, 6.07) is 3.84. The van der Waals surface area contributed by atoms with E-state index in [-0.39, 0.29) is 5.54 Å². The summed E-state index contributed by atoms with van der Waals surface area (Å²) in [6.07, 6.45) is 6.04. The Hall–Kier alpha value is -2.34. The lowest BCUT2D eigenvalue weighted by molar-refractivity contribution is -0.131. The molecule has 1 fully saturated rings. The fraction of sp³-hybridized carbons (Fsp3) is 0.444. The zero-order chi connectivity index (χ0) is 17.3. The molecule has 0 unspecified atom stereocenters. The van der Waals surface area contributed by atoms with Crippen molar-refractivity contribution in [3.05, 3.63) is 29.6 Å². The number of carboxylic acid groups (broad SMARTS) is 1. The highest BCUT2D eigenvalue weighted by atomic mass is 16.5. The SMILES string of the molecule is CCOc1cc2nc(C3(NC)CCC3)n(C)c2cc1/C=C/C(=O)O. The van der Waals surface area contributed by atoms with E-state index in [2.05, 4.69) is 9.88 Å². The summed E-state index contributed by atoms with van der Waals surface area (Å²) >= 11 is 0. The number of benzene rings is 1. The predicted molar refractivity (Wildman–Crippen MR) is 93.1 cm³/mol. The van der Waals surface area contributed by atoms with Gasteiger partial charge in [-0.15, -0.1) is 0 Å². The number of aromatic nitrogens is 2. The number of nitrogens with one attached hydrogen (secondary N) is 1. The number of hydrogen-bond acceptors (Lipinski definition) is 4. The third kappa shape index (κ3) is 2.67. The summed E-state index contributed by atoms with van der Waals surface area (Å²) in [4.78, 5) is 15.7. The van der Waals surface area contributed by atoms with Crippen molar-refractivity contribution in [2.24, 2.45) is 7.05 Å². The molecule has 0 amide bonds. The van der Waals surface area contributed by atoms with Gasteiger partial charge in [0.1, 0.15) is 11.6 Å². The number of imidazole rings is 1. The van der Waals surface area contributed by atoms with Crippen molar-refractivity contribution >= 4 is 23.1 Å². The van der Waals surface area contributed by atoms with Crippen molar-refractivity contribution in [1.29, 1.82) is 0 Å². The summed E-state index contributed by atoms with van der Waals surface area (Å²) in [5.41, 5.74) is 2.52. The van der Waals surface area contributed by atoms with Crippen LogP contribution in [0.2, 0.25) is 0 Å². The maximum Gasteiger partial charge on any atom is 0.328 e. The topological polar surface area (TPSA) is 76.4 Å². The van der Waals surface area contributed by atoms with Gasteiger partial charge in [-0.2, -0.15) is 0 Å². The number of aryl methyl sites for hydroxylation is 1. The van der Waals surface area contributed by atoms with E-state index in [0.29, 0.717) is 12.4 Å². The number of fused-ring (bicyclic) bond motifs is 1. The summed E-state index contributed by atoms with van der Waals surface area (Å²) in [6.45, 7) is 2.42. The van der Waals surface area contributed by atoms with Gasteiger partial charge in [0.15, 0.2) is 0 Å². The molecule has 1 aromatic heterocycles. The van der Waals surface area contributed by atoms with E-state index < -0.39 is 5.97 Å². The second kappa shape index (κ2) is 6.28. The number of rotatable bonds is 6. The minimum Gasteiger partial charge on any atom is -0.493 e. The molecule has 0 aliphatic heterocycles. The van der Waals surface area contributed by atoms with Gasteiger partial charge in [0.25, 0.3) is 0 Å². The number of carbonyl (C=O) groups is 1. The Kier molecular flexibility index (Phi) is 4.32. The first-order chi connectivity index (χ1) is 11.5. The molecule has 0 bridgehead atoms. The molecule has 1 aliphatic carbocycles. The van der Waals surface area contributed by atoms with Crippen molar-refractivity contribution < 1.29 is 14.6 Å². The van der Waals surface area contributed by atoms with E-state index in [9.17, 15) is 4.79 Å². The quantitative estimate of drug-likeness (QED) is 0.797. The first-order valence-corrected chi connectivity index (χ1v) is 8.24. The molecule has 0 atom stereocenters. The lowest BCUT2D eigenvalue weighted by Gasteiger charge is -2.40. The van der Waals surface area contributed by atoms with Crippen LogP contribution in [-0.2, 0) is 17.4 Å². The second-order valence-electron chi connectivity index (χ2n) is 6.16. The molecule has 2 N–H and O–H groups in total. The largest absolute Gasteiger partial charge is 0.493 e. The zero-order valence-corrected chi connectivity index (χ0v) is 14.3. The van der Waals surface area contributed by atoms with Crippen LogP contribution in [0.5, 0.6) is 5.75 Å². The van der Waals surface area contributed by atoms with E-state index in [1.807, 2.05) is 33.2 Å². The van der Waals surface area contributed by atoms with Crippen molar-refractivity contribution in [3.8, 4) is 5.75 Å². The van der Waals surface area contributed by atoms with Crippen molar-refractivity contribution in [2.45, 2.75) is 31.7 Å². The molecule has 6 heteroatoms. The number of ether oxygens (including phenoxy) is 1. The van der Waals surface area contributed by atoms with Gasteiger partial charge in [-0.05, 0) is 45.4 Å². The Balaban J connectivity index is 2.14. The maximum atomic E-state index is 10.8. The van der Waals surface area contributed by atoms with Gasteiger partial charge in [-0.3, -0.25) is 0 Å². The number of aliphatic carboxylic acids is 1. The average Bonchev–Trinajstić information content (AvgIpc) is 2.82. The van der Waals surface area contributed by atoms with Crippen LogP contribution in [0.1, 0.15) is 37.6 Å². The molecule has 1 aliphatic rings. The van der Waals surface area contributed by atoms with Gasteiger partial charge in [0.2, 0.25) is 0 Å². The fourth-order valence-electron chi connectivity index (χ4n) is 3.35. The van der Waals surface area contributed by atoms with Gasteiger partial charge in [-0.25, -0.2) is 9.78 Å². The lowest BCUT2D eigenvalue weighted by Crippen LogP contribution is -2.47. The molecule has 1 aromatic carbocycles. The summed E-state index contributed by atoms with van der Waals surface area (Å²) in [5.74, 6) is 0.694. The van der Waals surface area contributed by atoms with Crippen LogP contribution >= 0.6 is 0 Å². The van der Waals surface area contributed by atoms with E-state index >= 15 is 0 Å². The third-order valence-electron chi connectivity index (χ3n) is 4.83. The van der Waals surface area contributed by atoms with Crippen LogP contribution in [0.3, 0.4) is 0 Å². The van der Waals surface area contributed by atoms with Crippen molar-refractivity contribution in [2.75, 3.05) is 13.7 Å². The Morgan fingerprint density at radius 1 is 1.50 bits per heavy atom. The molecule has 2 aromatic rings. The van der Waals surface area contributed by atoms with E-state index in [0.717, 1.165) is 41.3 Å². The van der Waals surface area contributed by atoms with Crippen LogP contribution in [0.15, 0.2) is 18.2 Å². The van der Waals surface area contributed by atoms with Gasteiger partial charge in [-0.1, -0.05) is 0 Å². The molecule has 6 nitrogen and oxygen atoms in total. The molecule has 1 saturated carbocycles. The smallest absolute Gasteiger partial charge is 0.328 e. The monoisotopic (exact) mass is 329 g/mol. The minimum absolute atomic E-state index is 0.0589. The average molecular weight is 329 g/mol. The van der Waals surface area contributed by atoms with Gasteiger partial charge >= 0.3 is 5.97 Å². The van der Waals surface area contributed by atoms with Crippen LogP contribution in [0, 0.1) is 0 Å². The third-order valence-corrected chi connectivity index (χ3v) is 4.83. The lowest BCUT2D eigenvalue weighted by atomic mass is 9.76. The first-order valence-electron chi connectivity index (χ1n) is 8.24. The molecule has 3 rings (SSSR count). The number of nitrogens with zero attached hydrogens (tertiary/aromatic N) is 2. The summed E-state index contributed by atoms with van der Waals surface area (Å²) < 4.78 is 7.77. The van der Waals surface area contributed by atoms with Crippen LogP contribution in [0.4, 0.5) is 0 Å². The molecular formula is C18H23N3O3. The zero-order valence-electron chi connectivity index (χ0n) is 14.3. The normalized spacial score (nSPS) is 16.5. The summed E-state index contributed by atoms with van der Waals surface area (Å²) in [7, 11) is 3.98. The Morgan fingerprint density at radius 2 is 2.25 bits per heavy atom. The van der Waals surface area contributed by atoms with Crippen LogP contribution in [-0.4, -0.2) is 34.3 Å². The predicted octanol–water partition coefficient (Wildman–Crippen LogP) is 2.67. The fourth-order valence-corrected chi connectivity index (χ4v) is 3.35. The highest BCUT2D eigenvalue weighted by molar-refractivity contribution is 5.88. The van der Waals surface area contributed by atoms with E-state index in [4.69, 9.17) is 14.8 Å². The second-order valence-corrected chi connectivity index (χ2v) is 6.16. The standard InChI is InChI=1S/C18H23N3O3/c1-4-24-15-11-13-14(10-12(15)6-7-16(22)23)21(3)17(20-13)18(19-2)8-5-9-18/h6-7,10-11,19H,4-5,8-9H2,1-3H3,(H,22,23)/b7-6+. The molecule has 0 spiro atoms. The van der Waals surface area contributed by atoms with Crippen molar-refractivity contribution in [3.63, 3.8) is 0 Å². The molecule has 128 valence electrons. The van der Waals surface area contributed by atoms with Crippen LogP contribution < -0.4 is 10.1 Å². The Bertz CT molecular complexity index is 798. The van der Waals surface area contributed by atoms with Crippen LogP contribution in [0.25, 0.3) is 17.1 Å². The van der Waals surface area contributed by atoms with E-state index in [1.165, 1.54) is 6.42 Å². The van der Waals surface area contributed by atoms with E-state index in [1.54, 1.807) is 6.08 Å². The Morgan fingerprint density at radius 3 is 2.79 bits per heavy atom. The maximum absolute atomic E-state index is 10.8. The highest BCUT2D eigenvalue weighted by Gasteiger charge is 2.41. The minimum atomic E-state index is -0.980. The van der Waals surface area contributed by atoms with Gasteiger partial charge in [0.05, 0.1) is 23.2 Å². The Labute approximate surface area is 141 Å². The number of carboxylic acids is 1. The molecule has 0 radical (unpaired) electrons.